The van der Waals surface area contributed by atoms with Crippen LogP contribution in [0.15, 0.2) is 57.9 Å². The van der Waals surface area contributed by atoms with Gasteiger partial charge in [0.25, 0.3) is 5.56 Å². The highest BCUT2D eigenvalue weighted by Gasteiger charge is 2.18. The Morgan fingerprint density at radius 1 is 1.26 bits per heavy atom. The molecule has 1 aromatic carbocycles. The molecule has 31 heavy (non-hydrogen) atoms. The summed E-state index contributed by atoms with van der Waals surface area (Å²) in [6, 6.07) is 10.8. The molecule has 0 aliphatic heterocycles. The van der Waals surface area contributed by atoms with Crippen LogP contribution >= 0.6 is 0 Å². The van der Waals surface area contributed by atoms with Crippen molar-refractivity contribution in [3.8, 4) is 17.4 Å². The second-order valence-electron chi connectivity index (χ2n) is 6.96. The molecule has 4 aromatic rings. The van der Waals surface area contributed by atoms with Crippen LogP contribution in [0.25, 0.3) is 17.4 Å². The monoisotopic (exact) mass is 421 g/mol. The highest BCUT2D eigenvalue weighted by Crippen LogP contribution is 2.24. The van der Waals surface area contributed by atoms with Crippen molar-refractivity contribution >= 4 is 11.7 Å². The first-order valence-corrected chi connectivity index (χ1v) is 9.73. The molecule has 0 aliphatic rings. The van der Waals surface area contributed by atoms with Crippen molar-refractivity contribution in [3.63, 3.8) is 0 Å². The molecule has 8 nitrogen and oxygen atoms in total. The van der Waals surface area contributed by atoms with Crippen molar-refractivity contribution in [2.24, 2.45) is 0 Å². The van der Waals surface area contributed by atoms with Crippen LogP contribution in [0.1, 0.15) is 23.7 Å². The quantitative estimate of drug-likeness (QED) is 0.496. The number of hydrogen-bond acceptors (Lipinski definition) is 5. The molecule has 0 atom stereocenters. The number of rotatable bonds is 6. The lowest BCUT2D eigenvalue weighted by molar-refractivity contribution is -0.115. The number of benzene rings is 1. The van der Waals surface area contributed by atoms with E-state index in [0.29, 0.717) is 40.5 Å². The normalized spacial score (nSPS) is 10.9. The van der Waals surface area contributed by atoms with Crippen molar-refractivity contribution in [1.82, 2.24) is 19.7 Å². The van der Waals surface area contributed by atoms with E-state index in [4.69, 9.17) is 4.42 Å². The fourth-order valence-corrected chi connectivity index (χ4v) is 3.26. The SMILES string of the molecule is CCc1c(C)nc(-n2nc(-c3ccco3)cc2NC(=O)Cc2ccc(F)cc2)[nH]c1=O. The van der Waals surface area contributed by atoms with Crippen LogP contribution in [0.4, 0.5) is 10.2 Å². The number of aryl methyl sites for hydroxylation is 1. The number of carbonyl (C=O) groups is 1. The van der Waals surface area contributed by atoms with E-state index in [-0.39, 0.29) is 29.7 Å². The van der Waals surface area contributed by atoms with Gasteiger partial charge in [0.15, 0.2) is 5.76 Å². The smallest absolute Gasteiger partial charge is 0.255 e. The van der Waals surface area contributed by atoms with E-state index in [9.17, 15) is 14.0 Å². The maximum atomic E-state index is 13.1. The molecule has 9 heteroatoms. The predicted molar refractivity (Wildman–Crippen MR) is 113 cm³/mol. The summed E-state index contributed by atoms with van der Waals surface area (Å²) in [6.07, 6.45) is 2.10. The second kappa shape index (κ2) is 8.39. The summed E-state index contributed by atoms with van der Waals surface area (Å²) in [6.45, 7) is 3.63. The minimum atomic E-state index is -0.369. The summed E-state index contributed by atoms with van der Waals surface area (Å²) in [4.78, 5) is 32.2. The molecule has 0 unspecified atom stereocenters. The van der Waals surface area contributed by atoms with Gasteiger partial charge in [-0.05, 0) is 43.2 Å². The van der Waals surface area contributed by atoms with Gasteiger partial charge >= 0.3 is 0 Å². The first-order valence-electron chi connectivity index (χ1n) is 9.73. The third kappa shape index (κ3) is 4.30. The van der Waals surface area contributed by atoms with Gasteiger partial charge in [-0.1, -0.05) is 19.1 Å². The summed E-state index contributed by atoms with van der Waals surface area (Å²) in [7, 11) is 0. The Labute approximate surface area is 176 Å². The zero-order chi connectivity index (χ0) is 22.0. The molecule has 1 amide bonds. The Bertz CT molecular complexity index is 1270. The predicted octanol–water partition coefficient (Wildman–Crippen LogP) is 3.41. The van der Waals surface area contributed by atoms with Gasteiger partial charge in [0.2, 0.25) is 11.9 Å². The number of nitrogens with zero attached hydrogens (tertiary/aromatic N) is 3. The Morgan fingerprint density at radius 3 is 2.68 bits per heavy atom. The summed E-state index contributed by atoms with van der Waals surface area (Å²) < 4.78 is 19.9. The summed E-state index contributed by atoms with van der Waals surface area (Å²) in [5.74, 6) is 0.283. The molecule has 3 heterocycles. The Balaban J connectivity index is 1.70. The number of furan rings is 1. The number of amides is 1. The first-order chi connectivity index (χ1) is 14.9. The van der Waals surface area contributed by atoms with Gasteiger partial charge in [-0.3, -0.25) is 14.6 Å². The molecule has 0 fully saturated rings. The van der Waals surface area contributed by atoms with Gasteiger partial charge < -0.3 is 9.73 Å². The van der Waals surface area contributed by atoms with Gasteiger partial charge in [-0.2, -0.15) is 9.78 Å². The molecule has 0 spiro atoms. The van der Waals surface area contributed by atoms with Gasteiger partial charge in [-0.15, -0.1) is 0 Å². The molecular formula is C22H20FN5O3. The van der Waals surface area contributed by atoms with Crippen molar-refractivity contribution in [1.29, 1.82) is 0 Å². The van der Waals surface area contributed by atoms with Crippen LogP contribution in [0.2, 0.25) is 0 Å². The van der Waals surface area contributed by atoms with E-state index < -0.39 is 0 Å². The van der Waals surface area contributed by atoms with E-state index in [1.807, 2.05) is 6.92 Å². The van der Waals surface area contributed by atoms with Crippen LogP contribution in [0.3, 0.4) is 0 Å². The fraction of sp³-hybridized carbons (Fsp3) is 0.182. The van der Waals surface area contributed by atoms with E-state index in [2.05, 4.69) is 20.4 Å². The van der Waals surface area contributed by atoms with E-state index >= 15 is 0 Å². The van der Waals surface area contributed by atoms with Crippen molar-refractivity contribution < 1.29 is 13.6 Å². The second-order valence-corrected chi connectivity index (χ2v) is 6.96. The van der Waals surface area contributed by atoms with Crippen LogP contribution in [-0.4, -0.2) is 25.7 Å². The van der Waals surface area contributed by atoms with E-state index in [1.54, 1.807) is 37.3 Å². The van der Waals surface area contributed by atoms with Gasteiger partial charge in [0.05, 0.1) is 12.7 Å². The van der Waals surface area contributed by atoms with Crippen LogP contribution in [0.5, 0.6) is 0 Å². The summed E-state index contributed by atoms with van der Waals surface area (Å²) >= 11 is 0. The van der Waals surface area contributed by atoms with Gasteiger partial charge in [0, 0.05) is 17.3 Å². The molecular weight excluding hydrogens is 401 g/mol. The number of nitrogens with one attached hydrogen (secondary N) is 2. The van der Waals surface area contributed by atoms with Crippen molar-refractivity contribution in [2.75, 3.05) is 5.32 Å². The van der Waals surface area contributed by atoms with Gasteiger partial charge in [-0.25, -0.2) is 9.37 Å². The topological polar surface area (TPSA) is 106 Å². The van der Waals surface area contributed by atoms with Crippen LogP contribution in [-0.2, 0) is 17.6 Å². The molecule has 4 rings (SSSR count). The molecule has 0 aliphatic carbocycles. The Hall–Kier alpha value is -4.01. The average Bonchev–Trinajstić information content (AvgIpc) is 3.39. The number of hydrogen-bond donors (Lipinski definition) is 2. The van der Waals surface area contributed by atoms with Crippen LogP contribution < -0.4 is 10.9 Å². The first kappa shape index (κ1) is 20.3. The number of aromatic nitrogens is 4. The zero-order valence-corrected chi connectivity index (χ0v) is 17.0. The number of anilines is 1. The summed E-state index contributed by atoms with van der Waals surface area (Å²) in [5, 5.41) is 7.24. The minimum Gasteiger partial charge on any atom is -0.463 e. The summed E-state index contributed by atoms with van der Waals surface area (Å²) in [5.41, 5.74) is 2.03. The van der Waals surface area contributed by atoms with E-state index in [1.165, 1.54) is 23.1 Å². The average molecular weight is 421 g/mol. The molecule has 2 N–H and O–H groups in total. The lowest BCUT2D eigenvalue weighted by Crippen LogP contribution is -2.22. The lowest BCUT2D eigenvalue weighted by Gasteiger charge is -2.10. The van der Waals surface area contributed by atoms with E-state index in [0.717, 1.165) is 0 Å². The molecule has 158 valence electrons. The zero-order valence-electron chi connectivity index (χ0n) is 17.0. The van der Waals surface area contributed by atoms with Gasteiger partial charge in [0.1, 0.15) is 17.3 Å². The van der Waals surface area contributed by atoms with Crippen molar-refractivity contribution in [2.45, 2.75) is 26.7 Å². The number of halogens is 1. The molecule has 3 aromatic heterocycles. The molecule has 0 bridgehead atoms. The van der Waals surface area contributed by atoms with Crippen LogP contribution in [0, 0.1) is 12.7 Å². The maximum Gasteiger partial charge on any atom is 0.255 e. The largest absolute Gasteiger partial charge is 0.463 e. The molecule has 0 saturated heterocycles. The minimum absolute atomic E-state index is 0.0410. The highest BCUT2D eigenvalue weighted by molar-refractivity contribution is 5.92. The maximum absolute atomic E-state index is 13.1. The Morgan fingerprint density at radius 2 is 2.03 bits per heavy atom. The third-order valence-corrected chi connectivity index (χ3v) is 4.79. The highest BCUT2D eigenvalue weighted by atomic mass is 19.1. The molecule has 0 radical (unpaired) electrons. The third-order valence-electron chi connectivity index (χ3n) is 4.79. The number of carbonyl (C=O) groups excluding carboxylic acids is 1. The Kier molecular flexibility index (Phi) is 5.48. The number of aromatic amines is 1. The number of H-pyrrole nitrogens is 1. The van der Waals surface area contributed by atoms with Crippen molar-refractivity contribution in [3.05, 3.63) is 81.7 Å². The molecule has 0 saturated carbocycles. The fourth-order valence-electron chi connectivity index (χ4n) is 3.26. The standard InChI is InChI=1S/C22H20FN5O3/c1-3-16-13(2)24-22(26-21(16)30)28-19(12-17(27-28)18-5-4-10-31-18)25-20(29)11-14-6-8-15(23)9-7-14/h4-10,12H,3,11H2,1-2H3,(H,25,29)(H,24,26,30). The lowest BCUT2D eigenvalue weighted by atomic mass is 10.1.